The average molecular weight is 355 g/mol. The van der Waals surface area contributed by atoms with Crippen molar-refractivity contribution in [1.29, 1.82) is 0 Å². The minimum Gasteiger partial charge on any atom is -0.495 e. The Morgan fingerprint density at radius 2 is 2.00 bits per heavy atom. The highest BCUT2D eigenvalue weighted by Gasteiger charge is 2.08. The van der Waals surface area contributed by atoms with Gasteiger partial charge in [0.2, 0.25) is 5.91 Å². The summed E-state index contributed by atoms with van der Waals surface area (Å²) in [7, 11) is 1.54. The summed E-state index contributed by atoms with van der Waals surface area (Å²) in [6.07, 6.45) is 6.68. The fourth-order valence-electron chi connectivity index (χ4n) is 2.25. The Bertz CT molecular complexity index is 870. The molecule has 3 aromatic rings. The van der Waals surface area contributed by atoms with Crippen LogP contribution in [0, 0.1) is 0 Å². The third-order valence-electron chi connectivity index (χ3n) is 3.44. The largest absolute Gasteiger partial charge is 0.495 e. The zero-order valence-electron chi connectivity index (χ0n) is 13.4. The molecule has 1 N–H and O–H groups in total. The first-order valence-corrected chi connectivity index (χ1v) is 7.88. The average Bonchev–Trinajstić information content (AvgIpc) is 2.63. The molecule has 0 radical (unpaired) electrons. The van der Waals surface area contributed by atoms with Crippen LogP contribution in [0.4, 0.5) is 5.69 Å². The summed E-state index contributed by atoms with van der Waals surface area (Å²) < 4.78 is 5.09. The molecule has 0 atom stereocenters. The summed E-state index contributed by atoms with van der Waals surface area (Å²) in [6, 6.07) is 8.92. The van der Waals surface area contributed by atoms with Gasteiger partial charge in [-0.2, -0.15) is 0 Å². The SMILES string of the molecule is COc1ccc(CC(=O)Nc2cnc(-c3cccnc3)nc2)cc1Cl. The topological polar surface area (TPSA) is 77.0 Å². The Labute approximate surface area is 149 Å². The number of carbonyl (C=O) groups excluding carboxylic acids is 1. The third-order valence-corrected chi connectivity index (χ3v) is 3.73. The molecule has 7 heteroatoms. The molecule has 0 saturated carbocycles. The van der Waals surface area contributed by atoms with E-state index in [1.54, 1.807) is 50.1 Å². The number of hydrogen-bond donors (Lipinski definition) is 1. The van der Waals surface area contributed by atoms with Crippen LogP contribution in [0.1, 0.15) is 5.56 Å². The van der Waals surface area contributed by atoms with E-state index in [1.807, 2.05) is 12.1 Å². The first-order valence-electron chi connectivity index (χ1n) is 7.50. The summed E-state index contributed by atoms with van der Waals surface area (Å²) >= 11 is 6.07. The maximum absolute atomic E-state index is 12.2. The summed E-state index contributed by atoms with van der Waals surface area (Å²) in [4.78, 5) is 24.7. The molecule has 0 bridgehead atoms. The van der Waals surface area contributed by atoms with Crippen LogP contribution in [0.2, 0.25) is 5.02 Å². The predicted octanol–water partition coefficient (Wildman–Crippen LogP) is 3.38. The molecular formula is C18H15ClN4O2. The van der Waals surface area contributed by atoms with Crippen LogP contribution in [0.5, 0.6) is 5.75 Å². The highest BCUT2D eigenvalue weighted by Crippen LogP contribution is 2.25. The summed E-state index contributed by atoms with van der Waals surface area (Å²) in [5.74, 6) is 0.942. The van der Waals surface area contributed by atoms with E-state index in [0.29, 0.717) is 22.3 Å². The maximum atomic E-state index is 12.2. The van der Waals surface area contributed by atoms with E-state index in [0.717, 1.165) is 11.1 Å². The molecule has 0 aliphatic carbocycles. The molecule has 0 aliphatic heterocycles. The Kier molecular flexibility index (Phi) is 5.20. The lowest BCUT2D eigenvalue weighted by molar-refractivity contribution is -0.115. The second-order valence-corrected chi connectivity index (χ2v) is 5.64. The number of hydrogen-bond acceptors (Lipinski definition) is 5. The van der Waals surface area contributed by atoms with Crippen LogP contribution < -0.4 is 10.1 Å². The van der Waals surface area contributed by atoms with E-state index < -0.39 is 0 Å². The van der Waals surface area contributed by atoms with Crippen LogP contribution in [-0.4, -0.2) is 28.0 Å². The van der Waals surface area contributed by atoms with Crippen molar-refractivity contribution in [3.63, 3.8) is 0 Å². The molecule has 6 nitrogen and oxygen atoms in total. The number of ether oxygens (including phenoxy) is 1. The Morgan fingerprint density at radius 1 is 1.20 bits per heavy atom. The number of rotatable bonds is 5. The predicted molar refractivity (Wildman–Crippen MR) is 95.6 cm³/mol. The van der Waals surface area contributed by atoms with E-state index in [1.165, 1.54) is 0 Å². The van der Waals surface area contributed by atoms with Gasteiger partial charge in [0.05, 0.1) is 36.6 Å². The van der Waals surface area contributed by atoms with E-state index in [2.05, 4.69) is 20.3 Å². The highest BCUT2D eigenvalue weighted by molar-refractivity contribution is 6.32. The molecule has 0 saturated heterocycles. The monoisotopic (exact) mass is 354 g/mol. The van der Waals surface area contributed by atoms with E-state index in [4.69, 9.17) is 16.3 Å². The number of carbonyl (C=O) groups is 1. The fraction of sp³-hybridized carbons (Fsp3) is 0.111. The van der Waals surface area contributed by atoms with Gasteiger partial charge in [0, 0.05) is 18.0 Å². The minimum absolute atomic E-state index is 0.182. The molecule has 126 valence electrons. The van der Waals surface area contributed by atoms with Gasteiger partial charge in [-0.3, -0.25) is 9.78 Å². The molecule has 3 rings (SSSR count). The van der Waals surface area contributed by atoms with Crippen LogP contribution in [-0.2, 0) is 11.2 Å². The highest BCUT2D eigenvalue weighted by atomic mass is 35.5. The molecule has 1 aromatic carbocycles. The number of nitrogens with zero attached hydrogens (tertiary/aromatic N) is 3. The first kappa shape index (κ1) is 16.9. The van der Waals surface area contributed by atoms with Gasteiger partial charge in [0.25, 0.3) is 0 Å². The van der Waals surface area contributed by atoms with Crippen molar-refractivity contribution >= 4 is 23.2 Å². The smallest absolute Gasteiger partial charge is 0.228 e. The zero-order valence-corrected chi connectivity index (χ0v) is 14.2. The quantitative estimate of drug-likeness (QED) is 0.760. The van der Waals surface area contributed by atoms with Crippen LogP contribution in [0.25, 0.3) is 11.4 Å². The van der Waals surface area contributed by atoms with Crippen LogP contribution in [0.3, 0.4) is 0 Å². The van der Waals surface area contributed by atoms with Crippen LogP contribution in [0.15, 0.2) is 55.1 Å². The van der Waals surface area contributed by atoms with Crippen molar-refractivity contribution in [2.24, 2.45) is 0 Å². The van der Waals surface area contributed by atoms with Gasteiger partial charge in [-0.15, -0.1) is 0 Å². The molecule has 0 aliphatic rings. The van der Waals surface area contributed by atoms with E-state index in [-0.39, 0.29) is 12.3 Å². The molecule has 1 amide bonds. The van der Waals surface area contributed by atoms with E-state index >= 15 is 0 Å². The lowest BCUT2D eigenvalue weighted by Crippen LogP contribution is -2.14. The van der Waals surface area contributed by atoms with Gasteiger partial charge in [-0.1, -0.05) is 17.7 Å². The molecule has 2 heterocycles. The van der Waals surface area contributed by atoms with Crippen molar-refractivity contribution in [3.05, 3.63) is 65.7 Å². The number of aromatic nitrogens is 3. The molecule has 2 aromatic heterocycles. The maximum Gasteiger partial charge on any atom is 0.228 e. The number of benzene rings is 1. The normalized spacial score (nSPS) is 10.3. The number of amides is 1. The van der Waals surface area contributed by atoms with E-state index in [9.17, 15) is 4.79 Å². The summed E-state index contributed by atoms with van der Waals surface area (Å²) in [5, 5.41) is 3.23. The lowest BCUT2D eigenvalue weighted by Gasteiger charge is -2.07. The van der Waals surface area contributed by atoms with Crippen molar-refractivity contribution in [3.8, 4) is 17.1 Å². The molecule has 25 heavy (non-hydrogen) atoms. The molecular weight excluding hydrogens is 340 g/mol. The molecule has 0 spiro atoms. The van der Waals surface area contributed by atoms with Crippen molar-refractivity contribution < 1.29 is 9.53 Å². The Balaban J connectivity index is 1.64. The fourth-order valence-corrected chi connectivity index (χ4v) is 2.53. The van der Waals surface area contributed by atoms with Crippen LogP contribution >= 0.6 is 11.6 Å². The standard InChI is InChI=1S/C18H15ClN4O2/c1-25-16-5-4-12(7-15(16)19)8-17(24)23-14-10-21-18(22-11-14)13-3-2-6-20-9-13/h2-7,9-11H,8H2,1H3,(H,23,24). The summed E-state index contributed by atoms with van der Waals surface area (Å²) in [5.41, 5.74) is 2.13. The summed E-state index contributed by atoms with van der Waals surface area (Å²) in [6.45, 7) is 0. The number of pyridine rings is 1. The van der Waals surface area contributed by atoms with Gasteiger partial charge in [-0.25, -0.2) is 9.97 Å². The zero-order chi connectivity index (χ0) is 17.6. The number of nitrogens with one attached hydrogen (secondary N) is 1. The van der Waals surface area contributed by atoms with Gasteiger partial charge in [0.1, 0.15) is 5.75 Å². The number of halogens is 1. The van der Waals surface area contributed by atoms with Crippen molar-refractivity contribution in [2.45, 2.75) is 6.42 Å². The number of anilines is 1. The third kappa shape index (κ3) is 4.30. The second-order valence-electron chi connectivity index (χ2n) is 5.23. The first-order chi connectivity index (χ1) is 12.2. The van der Waals surface area contributed by atoms with Crippen molar-refractivity contribution in [2.75, 3.05) is 12.4 Å². The second kappa shape index (κ2) is 7.72. The molecule has 0 unspecified atom stereocenters. The minimum atomic E-state index is -0.182. The molecule has 0 fully saturated rings. The van der Waals surface area contributed by atoms with Crippen molar-refractivity contribution in [1.82, 2.24) is 15.0 Å². The Hall–Kier alpha value is -2.99. The van der Waals surface area contributed by atoms with Gasteiger partial charge < -0.3 is 10.1 Å². The Morgan fingerprint density at radius 3 is 2.64 bits per heavy atom. The lowest BCUT2D eigenvalue weighted by atomic mass is 10.1. The van der Waals surface area contributed by atoms with Gasteiger partial charge in [-0.05, 0) is 29.8 Å². The van der Waals surface area contributed by atoms with Gasteiger partial charge in [0.15, 0.2) is 5.82 Å². The number of methoxy groups -OCH3 is 1. The van der Waals surface area contributed by atoms with Gasteiger partial charge >= 0.3 is 0 Å².